The van der Waals surface area contributed by atoms with Gasteiger partial charge in [-0.1, -0.05) is 23.7 Å². The van der Waals surface area contributed by atoms with E-state index >= 15 is 0 Å². The Morgan fingerprint density at radius 1 is 1.17 bits per heavy atom. The normalized spacial score (nSPS) is 17.9. The molecule has 5 rings (SSSR count). The highest BCUT2D eigenvalue weighted by Crippen LogP contribution is 2.46. The summed E-state index contributed by atoms with van der Waals surface area (Å²) in [5.41, 5.74) is 5.00. The highest BCUT2D eigenvalue weighted by molar-refractivity contribution is 7.92. The number of aliphatic hydroxyl groups is 1. The molecule has 2 aromatic carbocycles. The molecule has 41 heavy (non-hydrogen) atoms. The van der Waals surface area contributed by atoms with E-state index in [0.29, 0.717) is 23.4 Å². The van der Waals surface area contributed by atoms with Gasteiger partial charge in [-0.2, -0.15) is 4.98 Å². The van der Waals surface area contributed by atoms with Gasteiger partial charge in [0.25, 0.3) is 0 Å². The molecular weight excluding hydrogens is 562 g/mol. The number of benzene rings is 2. The van der Waals surface area contributed by atoms with Gasteiger partial charge in [-0.15, -0.1) is 0 Å². The van der Waals surface area contributed by atoms with Gasteiger partial charge in [-0.25, -0.2) is 13.4 Å². The van der Waals surface area contributed by atoms with Crippen LogP contribution in [0, 0.1) is 6.92 Å². The number of ether oxygens (including phenoxy) is 1. The number of hydrogen-bond acceptors (Lipinski definition) is 9. The zero-order valence-corrected chi connectivity index (χ0v) is 25.5. The highest BCUT2D eigenvalue weighted by Gasteiger charge is 2.32. The number of anilines is 4. The van der Waals surface area contributed by atoms with Crippen LogP contribution in [0.5, 0.6) is 5.75 Å². The van der Waals surface area contributed by atoms with Crippen LogP contribution in [0.15, 0.2) is 41.4 Å². The monoisotopic (exact) mass is 599 g/mol. The summed E-state index contributed by atoms with van der Waals surface area (Å²) >= 11 is 6.45. The number of nitrogens with zero attached hydrogens (tertiary/aromatic N) is 3. The van der Waals surface area contributed by atoms with Crippen LogP contribution < -0.4 is 15.4 Å². The van der Waals surface area contributed by atoms with Crippen molar-refractivity contribution in [2.24, 2.45) is 0 Å². The predicted molar refractivity (Wildman–Crippen MR) is 163 cm³/mol. The fraction of sp³-hybridized carbons (Fsp3) is 0.467. The van der Waals surface area contributed by atoms with E-state index in [4.69, 9.17) is 16.3 Å². The number of β-amino-alcohol motifs (C(OH)–C–C–N with tert-alkyl or cyclic N) is 1. The van der Waals surface area contributed by atoms with Crippen molar-refractivity contribution >= 4 is 44.6 Å². The van der Waals surface area contributed by atoms with Crippen LogP contribution in [-0.2, 0) is 16.3 Å². The molecule has 3 aromatic rings. The molecule has 1 aromatic heterocycles. The van der Waals surface area contributed by atoms with Gasteiger partial charge in [-0.05, 0) is 88.9 Å². The SMILES string of the molecule is Cc1cc(Nc2ncc(Cl)c(Nc3ccccc3S(=O)(=O)C(C)C)n2)c2c(c1C1CCN(CCO)CC1)C[C@@H](C)O2. The van der Waals surface area contributed by atoms with Crippen molar-refractivity contribution in [1.82, 2.24) is 14.9 Å². The van der Waals surface area contributed by atoms with E-state index in [1.807, 2.05) is 0 Å². The van der Waals surface area contributed by atoms with Gasteiger partial charge in [0, 0.05) is 18.5 Å². The maximum Gasteiger partial charge on any atom is 0.229 e. The lowest BCUT2D eigenvalue weighted by Crippen LogP contribution is -2.35. The second kappa shape index (κ2) is 12.1. The Morgan fingerprint density at radius 2 is 1.90 bits per heavy atom. The van der Waals surface area contributed by atoms with Crippen molar-refractivity contribution in [3.63, 3.8) is 0 Å². The van der Waals surface area contributed by atoms with Crippen LogP contribution >= 0.6 is 11.6 Å². The first-order valence-electron chi connectivity index (χ1n) is 14.1. The summed E-state index contributed by atoms with van der Waals surface area (Å²) in [4.78, 5) is 11.5. The molecule has 0 saturated carbocycles. The van der Waals surface area contributed by atoms with Gasteiger partial charge in [-0.3, -0.25) is 0 Å². The number of piperidine rings is 1. The Hall–Kier alpha value is -2.92. The lowest BCUT2D eigenvalue weighted by molar-refractivity contribution is 0.164. The summed E-state index contributed by atoms with van der Waals surface area (Å²) in [7, 11) is -3.53. The molecule has 2 aliphatic rings. The summed E-state index contributed by atoms with van der Waals surface area (Å²) < 4.78 is 32.2. The number of aryl methyl sites for hydroxylation is 1. The Kier molecular flexibility index (Phi) is 8.75. The van der Waals surface area contributed by atoms with Crippen molar-refractivity contribution in [2.75, 3.05) is 36.9 Å². The molecule has 0 amide bonds. The molecule has 1 saturated heterocycles. The fourth-order valence-electron chi connectivity index (χ4n) is 5.83. The first-order valence-corrected chi connectivity index (χ1v) is 16.1. The number of hydrogen-bond donors (Lipinski definition) is 3. The lowest BCUT2D eigenvalue weighted by Gasteiger charge is -2.33. The van der Waals surface area contributed by atoms with Crippen LogP contribution in [0.3, 0.4) is 0 Å². The van der Waals surface area contributed by atoms with Gasteiger partial charge in [0.2, 0.25) is 5.95 Å². The second-order valence-corrected chi connectivity index (χ2v) is 14.0. The largest absolute Gasteiger partial charge is 0.488 e. The van der Waals surface area contributed by atoms with Crippen LogP contribution in [0.2, 0.25) is 5.02 Å². The van der Waals surface area contributed by atoms with Gasteiger partial charge >= 0.3 is 0 Å². The van der Waals surface area contributed by atoms with E-state index in [2.05, 4.69) is 45.4 Å². The number of halogens is 1. The van der Waals surface area contributed by atoms with E-state index in [9.17, 15) is 13.5 Å². The molecule has 3 N–H and O–H groups in total. The van der Waals surface area contributed by atoms with E-state index in [1.165, 1.54) is 22.9 Å². The minimum atomic E-state index is -3.53. The Balaban J connectivity index is 1.43. The van der Waals surface area contributed by atoms with Crippen LogP contribution in [0.4, 0.5) is 23.1 Å². The Morgan fingerprint density at radius 3 is 2.61 bits per heavy atom. The molecule has 0 unspecified atom stereocenters. The van der Waals surface area contributed by atoms with Crippen LogP contribution in [0.25, 0.3) is 0 Å². The lowest BCUT2D eigenvalue weighted by atomic mass is 9.82. The van der Waals surface area contributed by atoms with E-state index < -0.39 is 15.1 Å². The molecule has 9 nitrogen and oxygen atoms in total. The van der Waals surface area contributed by atoms with Gasteiger partial charge in [0.1, 0.15) is 16.9 Å². The summed E-state index contributed by atoms with van der Waals surface area (Å²) in [6.07, 6.45) is 4.50. The number of nitrogens with one attached hydrogen (secondary N) is 2. The van der Waals surface area contributed by atoms with Crippen LogP contribution in [-0.4, -0.2) is 66.0 Å². The Labute approximate surface area is 247 Å². The zero-order valence-electron chi connectivity index (χ0n) is 23.9. The minimum absolute atomic E-state index is 0.0587. The molecular formula is C30H38ClN5O4S. The Bertz CT molecular complexity index is 1520. The third-order valence-corrected chi connectivity index (χ3v) is 10.4. The smallest absolute Gasteiger partial charge is 0.229 e. The van der Waals surface area contributed by atoms with Crippen molar-refractivity contribution < 1.29 is 18.3 Å². The number of aliphatic hydroxyl groups excluding tert-OH is 1. The molecule has 11 heteroatoms. The summed E-state index contributed by atoms with van der Waals surface area (Å²) in [6.45, 7) is 10.4. The van der Waals surface area contributed by atoms with Gasteiger partial charge in [0.15, 0.2) is 15.7 Å². The van der Waals surface area contributed by atoms with E-state index in [0.717, 1.165) is 50.3 Å². The molecule has 0 bridgehead atoms. The highest BCUT2D eigenvalue weighted by atomic mass is 35.5. The van der Waals surface area contributed by atoms with Gasteiger partial charge < -0.3 is 25.4 Å². The number of sulfone groups is 1. The minimum Gasteiger partial charge on any atom is -0.488 e. The van der Waals surface area contributed by atoms with Gasteiger partial charge in [0.05, 0.1) is 34.3 Å². The molecule has 220 valence electrons. The van der Waals surface area contributed by atoms with Crippen molar-refractivity contribution in [2.45, 2.75) is 69.1 Å². The quantitative estimate of drug-likeness (QED) is 0.289. The molecule has 2 aliphatic heterocycles. The molecule has 0 spiro atoms. The molecule has 1 atom stereocenters. The summed E-state index contributed by atoms with van der Waals surface area (Å²) in [5.74, 6) is 1.89. The first kappa shape index (κ1) is 29.6. The number of fused-ring (bicyclic) bond motifs is 1. The number of aromatic nitrogens is 2. The van der Waals surface area contributed by atoms with Crippen molar-refractivity contribution in [3.05, 3.63) is 58.2 Å². The number of likely N-dealkylation sites (tertiary alicyclic amines) is 1. The fourth-order valence-corrected chi connectivity index (χ4v) is 7.17. The van der Waals surface area contributed by atoms with Crippen molar-refractivity contribution in [3.8, 4) is 5.75 Å². The average Bonchev–Trinajstić information content (AvgIpc) is 3.33. The third-order valence-electron chi connectivity index (χ3n) is 7.91. The maximum absolute atomic E-state index is 12.9. The third kappa shape index (κ3) is 6.16. The molecule has 1 fully saturated rings. The first-order chi connectivity index (χ1) is 19.6. The molecule has 0 radical (unpaired) electrons. The number of para-hydroxylation sites is 1. The predicted octanol–water partition coefficient (Wildman–Crippen LogP) is 5.60. The average molecular weight is 600 g/mol. The maximum atomic E-state index is 12.9. The van der Waals surface area contributed by atoms with Crippen molar-refractivity contribution in [1.29, 1.82) is 0 Å². The summed E-state index contributed by atoms with van der Waals surface area (Å²) in [5, 5.41) is 15.4. The van der Waals surface area contributed by atoms with Crippen LogP contribution in [0.1, 0.15) is 56.2 Å². The second-order valence-electron chi connectivity index (χ2n) is 11.2. The molecule has 3 heterocycles. The topological polar surface area (TPSA) is 117 Å². The van der Waals surface area contributed by atoms with E-state index in [1.54, 1.807) is 38.1 Å². The number of rotatable bonds is 9. The van der Waals surface area contributed by atoms with E-state index in [-0.39, 0.29) is 22.6 Å². The standard InChI is InChI=1S/C30H38ClN5O4S/c1-18(2)41(38,39)26-8-6-5-7-24(26)33-29-23(31)17-32-30(35-29)34-25-15-19(3)27(22-16-20(4)40-28(22)25)21-9-11-36(12-10-21)13-14-37/h5-8,15,17-18,20-21,37H,9-14,16H2,1-4H3,(H2,32,33,34,35)/t20-/m1/s1. The summed E-state index contributed by atoms with van der Waals surface area (Å²) in [6, 6.07) is 8.83. The molecule has 0 aliphatic carbocycles. The zero-order chi connectivity index (χ0) is 29.3.